The highest BCUT2D eigenvalue weighted by Gasteiger charge is 2.24. The van der Waals surface area contributed by atoms with E-state index in [1.54, 1.807) is 0 Å². The average Bonchev–Trinajstić information content (AvgIpc) is 2.66. The lowest BCUT2D eigenvalue weighted by Crippen LogP contribution is -2.37. The first-order chi connectivity index (χ1) is 7.31. The lowest BCUT2D eigenvalue weighted by molar-refractivity contribution is 0.611. The minimum absolute atomic E-state index is 0.615. The van der Waals surface area contributed by atoms with Crippen LogP contribution in [-0.4, -0.2) is 31.2 Å². The number of hydrogen-bond donors (Lipinski definition) is 1. The van der Waals surface area contributed by atoms with Gasteiger partial charge in [0, 0.05) is 24.8 Å². The van der Waals surface area contributed by atoms with E-state index in [4.69, 9.17) is 0 Å². The standard InChI is InChI=1S/C12H19N3/c1-10-5-3-7-12(14-10)15-8-4-6-11(15)9-13-2/h3,5,7,11,13H,4,6,8-9H2,1-2H3. The van der Waals surface area contributed by atoms with Crippen LogP contribution in [0.15, 0.2) is 18.2 Å². The molecule has 0 radical (unpaired) electrons. The Balaban J connectivity index is 2.15. The minimum atomic E-state index is 0.615. The van der Waals surface area contributed by atoms with E-state index in [0.29, 0.717) is 6.04 Å². The van der Waals surface area contributed by atoms with Gasteiger partial charge in [0.05, 0.1) is 0 Å². The molecule has 1 atom stereocenters. The summed E-state index contributed by atoms with van der Waals surface area (Å²) in [5, 5.41) is 3.25. The molecular weight excluding hydrogens is 186 g/mol. The van der Waals surface area contributed by atoms with Crippen LogP contribution in [0.4, 0.5) is 5.82 Å². The van der Waals surface area contributed by atoms with Crippen molar-refractivity contribution < 1.29 is 0 Å². The maximum absolute atomic E-state index is 4.59. The van der Waals surface area contributed by atoms with Gasteiger partial charge in [0.25, 0.3) is 0 Å². The summed E-state index contributed by atoms with van der Waals surface area (Å²) in [6, 6.07) is 6.87. The highest BCUT2D eigenvalue weighted by atomic mass is 15.2. The van der Waals surface area contributed by atoms with E-state index < -0.39 is 0 Å². The monoisotopic (exact) mass is 205 g/mol. The molecule has 1 saturated heterocycles. The van der Waals surface area contributed by atoms with Crippen molar-refractivity contribution in [3.63, 3.8) is 0 Å². The summed E-state index contributed by atoms with van der Waals surface area (Å²) in [6.45, 7) is 4.24. The second-order valence-electron chi connectivity index (χ2n) is 4.18. The van der Waals surface area contributed by atoms with Crippen molar-refractivity contribution in [2.24, 2.45) is 0 Å². The highest BCUT2D eigenvalue weighted by molar-refractivity contribution is 5.41. The fraction of sp³-hybridized carbons (Fsp3) is 0.583. The molecule has 0 bridgehead atoms. The van der Waals surface area contributed by atoms with Gasteiger partial charge in [-0.15, -0.1) is 0 Å². The second-order valence-corrected chi connectivity index (χ2v) is 4.18. The van der Waals surface area contributed by atoms with Gasteiger partial charge >= 0.3 is 0 Å². The van der Waals surface area contributed by atoms with Crippen molar-refractivity contribution in [3.05, 3.63) is 23.9 Å². The first-order valence-electron chi connectivity index (χ1n) is 5.66. The van der Waals surface area contributed by atoms with Crippen LogP contribution in [-0.2, 0) is 0 Å². The Morgan fingerprint density at radius 3 is 3.13 bits per heavy atom. The molecule has 82 valence electrons. The summed E-state index contributed by atoms with van der Waals surface area (Å²) < 4.78 is 0. The Kier molecular flexibility index (Phi) is 3.21. The Hall–Kier alpha value is -1.09. The quantitative estimate of drug-likeness (QED) is 0.812. The molecule has 15 heavy (non-hydrogen) atoms. The highest BCUT2D eigenvalue weighted by Crippen LogP contribution is 2.23. The molecule has 0 spiro atoms. The summed E-state index contributed by atoms with van der Waals surface area (Å²) in [7, 11) is 2.01. The minimum Gasteiger partial charge on any atom is -0.352 e. The third-order valence-corrected chi connectivity index (χ3v) is 2.98. The number of likely N-dealkylation sites (N-methyl/N-ethyl adjacent to an activating group) is 1. The Morgan fingerprint density at radius 1 is 1.53 bits per heavy atom. The largest absolute Gasteiger partial charge is 0.352 e. The van der Waals surface area contributed by atoms with E-state index in [0.717, 1.165) is 24.6 Å². The zero-order chi connectivity index (χ0) is 10.7. The molecule has 1 aromatic heterocycles. The van der Waals surface area contributed by atoms with Crippen molar-refractivity contribution in [1.82, 2.24) is 10.3 Å². The Labute approximate surface area is 91.5 Å². The fourth-order valence-corrected chi connectivity index (χ4v) is 2.27. The van der Waals surface area contributed by atoms with Gasteiger partial charge in [-0.25, -0.2) is 4.98 Å². The number of pyridine rings is 1. The molecular formula is C12H19N3. The molecule has 3 heteroatoms. The zero-order valence-corrected chi connectivity index (χ0v) is 9.53. The SMILES string of the molecule is CNCC1CCCN1c1cccc(C)n1. The number of aryl methyl sites for hydroxylation is 1. The predicted molar refractivity (Wildman–Crippen MR) is 63.3 cm³/mol. The maximum Gasteiger partial charge on any atom is 0.129 e. The first kappa shape index (κ1) is 10.4. The van der Waals surface area contributed by atoms with E-state index in [9.17, 15) is 0 Å². The summed E-state index contributed by atoms with van der Waals surface area (Å²) in [5.74, 6) is 1.13. The molecule has 0 saturated carbocycles. The summed E-state index contributed by atoms with van der Waals surface area (Å²) in [6.07, 6.45) is 2.55. The van der Waals surface area contributed by atoms with Crippen LogP contribution in [0.3, 0.4) is 0 Å². The third-order valence-electron chi connectivity index (χ3n) is 2.98. The van der Waals surface area contributed by atoms with Crippen molar-refractivity contribution in [3.8, 4) is 0 Å². The van der Waals surface area contributed by atoms with Crippen molar-refractivity contribution in [1.29, 1.82) is 0 Å². The zero-order valence-electron chi connectivity index (χ0n) is 9.53. The molecule has 2 heterocycles. The van der Waals surface area contributed by atoms with Gasteiger partial charge in [0.15, 0.2) is 0 Å². The van der Waals surface area contributed by atoms with Gasteiger partial charge in [-0.05, 0) is 38.9 Å². The molecule has 1 unspecified atom stereocenters. The molecule has 1 aliphatic heterocycles. The molecule has 1 aromatic rings. The van der Waals surface area contributed by atoms with Gasteiger partial charge in [0.1, 0.15) is 5.82 Å². The molecule has 0 aromatic carbocycles. The lowest BCUT2D eigenvalue weighted by atomic mass is 10.2. The van der Waals surface area contributed by atoms with Crippen molar-refractivity contribution >= 4 is 5.82 Å². The smallest absolute Gasteiger partial charge is 0.129 e. The number of nitrogens with zero attached hydrogens (tertiary/aromatic N) is 2. The molecule has 0 amide bonds. The number of aromatic nitrogens is 1. The summed E-state index contributed by atoms with van der Waals surface area (Å²) in [5.41, 5.74) is 1.10. The topological polar surface area (TPSA) is 28.2 Å². The predicted octanol–water partition coefficient (Wildman–Crippen LogP) is 1.58. The fourth-order valence-electron chi connectivity index (χ4n) is 2.27. The van der Waals surface area contributed by atoms with Crippen LogP contribution in [0.1, 0.15) is 18.5 Å². The van der Waals surface area contributed by atoms with E-state index in [-0.39, 0.29) is 0 Å². The van der Waals surface area contributed by atoms with Crippen LogP contribution in [0.2, 0.25) is 0 Å². The van der Waals surface area contributed by atoms with Gasteiger partial charge in [-0.1, -0.05) is 6.07 Å². The lowest BCUT2D eigenvalue weighted by Gasteiger charge is -2.25. The second kappa shape index (κ2) is 4.62. The van der Waals surface area contributed by atoms with E-state index in [1.807, 2.05) is 20.0 Å². The van der Waals surface area contributed by atoms with Crippen LogP contribution in [0.25, 0.3) is 0 Å². The van der Waals surface area contributed by atoms with E-state index >= 15 is 0 Å². The normalized spacial score (nSPS) is 20.9. The first-order valence-corrected chi connectivity index (χ1v) is 5.66. The van der Waals surface area contributed by atoms with Gasteiger partial charge < -0.3 is 10.2 Å². The van der Waals surface area contributed by atoms with Gasteiger partial charge in [-0.2, -0.15) is 0 Å². The molecule has 1 aliphatic rings. The van der Waals surface area contributed by atoms with Crippen molar-refractivity contribution in [2.75, 3.05) is 25.0 Å². The van der Waals surface area contributed by atoms with Crippen molar-refractivity contribution in [2.45, 2.75) is 25.8 Å². The van der Waals surface area contributed by atoms with Crippen LogP contribution in [0.5, 0.6) is 0 Å². The molecule has 0 aliphatic carbocycles. The summed E-state index contributed by atoms with van der Waals surface area (Å²) >= 11 is 0. The van der Waals surface area contributed by atoms with E-state index in [2.05, 4.69) is 27.3 Å². The summed E-state index contributed by atoms with van der Waals surface area (Å²) in [4.78, 5) is 7.01. The Morgan fingerprint density at radius 2 is 2.40 bits per heavy atom. The molecule has 2 rings (SSSR count). The number of hydrogen-bond acceptors (Lipinski definition) is 3. The van der Waals surface area contributed by atoms with E-state index in [1.165, 1.54) is 12.8 Å². The van der Waals surface area contributed by atoms with Crippen LogP contribution in [0, 0.1) is 6.92 Å². The maximum atomic E-state index is 4.59. The van der Waals surface area contributed by atoms with Crippen LogP contribution < -0.4 is 10.2 Å². The molecule has 1 N–H and O–H groups in total. The third kappa shape index (κ3) is 2.29. The molecule has 3 nitrogen and oxygen atoms in total. The average molecular weight is 205 g/mol. The van der Waals surface area contributed by atoms with Gasteiger partial charge in [0.2, 0.25) is 0 Å². The number of nitrogens with one attached hydrogen (secondary N) is 1. The Bertz CT molecular complexity index is 324. The molecule has 1 fully saturated rings. The van der Waals surface area contributed by atoms with Crippen LogP contribution >= 0.6 is 0 Å². The number of anilines is 1. The van der Waals surface area contributed by atoms with Gasteiger partial charge in [-0.3, -0.25) is 0 Å². The number of rotatable bonds is 3.